The van der Waals surface area contributed by atoms with Gasteiger partial charge >= 0.3 is 5.97 Å². The number of aliphatic carboxylic acids is 1. The van der Waals surface area contributed by atoms with Gasteiger partial charge in [-0.2, -0.15) is 0 Å². The lowest BCUT2D eigenvalue weighted by molar-refractivity contribution is -0.148. The van der Waals surface area contributed by atoms with E-state index >= 15 is 0 Å². The first-order valence-electron chi connectivity index (χ1n) is 6.36. The summed E-state index contributed by atoms with van der Waals surface area (Å²) in [6.45, 7) is 5.07. The summed E-state index contributed by atoms with van der Waals surface area (Å²) in [5, 5.41) is 8.90. The molecule has 1 rings (SSSR count). The van der Waals surface area contributed by atoms with Crippen LogP contribution in [0.15, 0.2) is 0 Å². The Morgan fingerprint density at radius 3 is 2.26 bits per heavy atom. The van der Waals surface area contributed by atoms with Gasteiger partial charge in [0.2, 0.25) is 5.91 Å². The van der Waals surface area contributed by atoms with E-state index < -0.39 is 28.4 Å². The predicted octanol–water partition coefficient (Wildman–Crippen LogP) is 0.379. The molecule has 2 atom stereocenters. The minimum Gasteiger partial charge on any atom is -0.480 e. The second kappa shape index (κ2) is 5.90. The van der Waals surface area contributed by atoms with Crippen molar-refractivity contribution >= 4 is 21.7 Å². The number of carbonyl (C=O) groups excluding carboxylic acids is 1. The smallest absolute Gasteiger partial charge is 0.323 e. The van der Waals surface area contributed by atoms with Gasteiger partial charge in [-0.3, -0.25) is 9.59 Å². The van der Waals surface area contributed by atoms with Crippen molar-refractivity contribution in [3.63, 3.8) is 0 Å². The van der Waals surface area contributed by atoms with E-state index in [0.717, 1.165) is 0 Å². The van der Waals surface area contributed by atoms with Gasteiger partial charge in [-0.1, -0.05) is 20.8 Å². The molecule has 7 heteroatoms. The van der Waals surface area contributed by atoms with Crippen LogP contribution >= 0.6 is 0 Å². The first-order valence-corrected chi connectivity index (χ1v) is 8.19. The van der Waals surface area contributed by atoms with Crippen LogP contribution in [0.5, 0.6) is 0 Å². The number of carbonyl (C=O) groups is 2. The van der Waals surface area contributed by atoms with Crippen LogP contribution in [0.1, 0.15) is 27.2 Å². The molecule has 0 aromatic carbocycles. The van der Waals surface area contributed by atoms with Crippen LogP contribution in [-0.2, 0) is 19.4 Å². The van der Waals surface area contributed by atoms with Gasteiger partial charge in [-0.25, -0.2) is 8.42 Å². The lowest BCUT2D eigenvalue weighted by Gasteiger charge is -2.30. The summed E-state index contributed by atoms with van der Waals surface area (Å²) in [5.41, 5.74) is 0. The van der Waals surface area contributed by atoms with E-state index in [1.807, 2.05) is 13.8 Å². The van der Waals surface area contributed by atoms with Gasteiger partial charge in [0.05, 0.1) is 11.5 Å². The van der Waals surface area contributed by atoms with Crippen LogP contribution in [0, 0.1) is 11.8 Å². The second-order valence-corrected chi connectivity index (χ2v) is 7.68. The summed E-state index contributed by atoms with van der Waals surface area (Å²) < 4.78 is 22.9. The fourth-order valence-corrected chi connectivity index (χ4v) is 3.83. The lowest BCUT2D eigenvalue weighted by Crippen LogP contribution is -2.47. The van der Waals surface area contributed by atoms with E-state index in [0.29, 0.717) is 6.42 Å². The second-order valence-electron chi connectivity index (χ2n) is 5.45. The lowest BCUT2D eigenvalue weighted by atomic mass is 9.96. The Balaban J connectivity index is 2.89. The van der Waals surface area contributed by atoms with Crippen LogP contribution in [0.2, 0.25) is 0 Å². The van der Waals surface area contributed by atoms with E-state index in [2.05, 4.69) is 0 Å². The Hall–Kier alpha value is -1.11. The van der Waals surface area contributed by atoms with Crippen LogP contribution < -0.4 is 0 Å². The third-order valence-electron chi connectivity index (χ3n) is 3.63. The highest BCUT2D eigenvalue weighted by atomic mass is 32.2. The molecule has 1 fully saturated rings. The summed E-state index contributed by atoms with van der Waals surface area (Å²) in [6, 6.07) is -0.505. The first kappa shape index (κ1) is 15.9. The van der Waals surface area contributed by atoms with E-state index in [9.17, 15) is 18.0 Å². The molecule has 0 radical (unpaired) electrons. The summed E-state index contributed by atoms with van der Waals surface area (Å²) in [6.07, 6.45) is 0.326. The molecule has 1 saturated heterocycles. The van der Waals surface area contributed by atoms with Gasteiger partial charge in [-0.15, -0.1) is 0 Å². The molecule has 0 aromatic heterocycles. The van der Waals surface area contributed by atoms with E-state index in [1.165, 1.54) is 4.90 Å². The number of carboxylic acid groups (broad SMARTS) is 1. The molecule has 0 aromatic rings. The molecule has 6 nitrogen and oxygen atoms in total. The zero-order valence-electron chi connectivity index (χ0n) is 11.5. The molecule has 0 saturated carbocycles. The quantitative estimate of drug-likeness (QED) is 0.790. The number of amides is 1. The fraction of sp³-hybridized carbons (Fsp3) is 0.833. The van der Waals surface area contributed by atoms with Crippen molar-refractivity contribution in [3.05, 3.63) is 0 Å². The maximum Gasteiger partial charge on any atom is 0.323 e. The largest absolute Gasteiger partial charge is 0.480 e. The van der Waals surface area contributed by atoms with Crippen molar-refractivity contribution in [1.82, 2.24) is 4.90 Å². The zero-order valence-corrected chi connectivity index (χ0v) is 12.3. The molecule has 2 unspecified atom stereocenters. The van der Waals surface area contributed by atoms with Crippen LogP contribution in [0.3, 0.4) is 0 Å². The number of nitrogens with zero attached hydrogens (tertiary/aromatic N) is 1. The maximum absolute atomic E-state index is 12.3. The van der Waals surface area contributed by atoms with Crippen molar-refractivity contribution < 1.29 is 23.1 Å². The molecule has 0 aliphatic carbocycles. The van der Waals surface area contributed by atoms with Crippen molar-refractivity contribution in [2.75, 3.05) is 18.1 Å². The SMILES string of the molecule is CC(C)C(C)C(=O)N(CC(=O)O)C1CCS(=O)(=O)C1. The van der Waals surface area contributed by atoms with E-state index in [-0.39, 0.29) is 29.2 Å². The monoisotopic (exact) mass is 291 g/mol. The van der Waals surface area contributed by atoms with Crippen LogP contribution in [0.4, 0.5) is 0 Å². The van der Waals surface area contributed by atoms with Crippen LogP contribution in [0.25, 0.3) is 0 Å². The van der Waals surface area contributed by atoms with Gasteiger partial charge < -0.3 is 10.0 Å². The molecule has 0 spiro atoms. The highest BCUT2D eigenvalue weighted by Gasteiger charge is 2.37. The number of carboxylic acids is 1. The first-order chi connectivity index (χ1) is 8.64. The molecule has 1 aliphatic rings. The third kappa shape index (κ3) is 4.19. The molecule has 1 aliphatic heterocycles. The summed E-state index contributed by atoms with van der Waals surface area (Å²) in [7, 11) is -3.14. The number of rotatable bonds is 5. The average Bonchev–Trinajstić information content (AvgIpc) is 2.64. The Morgan fingerprint density at radius 2 is 1.89 bits per heavy atom. The van der Waals surface area contributed by atoms with Crippen LogP contribution in [-0.4, -0.2) is 54.4 Å². The predicted molar refractivity (Wildman–Crippen MR) is 70.4 cm³/mol. The molecule has 1 amide bonds. The molecule has 110 valence electrons. The highest BCUT2D eigenvalue weighted by molar-refractivity contribution is 7.91. The Kier molecular flexibility index (Phi) is 4.95. The Labute approximate surface area is 113 Å². The molecule has 19 heavy (non-hydrogen) atoms. The van der Waals surface area contributed by atoms with Crippen molar-refractivity contribution in [1.29, 1.82) is 0 Å². The van der Waals surface area contributed by atoms with Gasteiger partial charge in [-0.05, 0) is 12.3 Å². The minimum absolute atomic E-state index is 0.0249. The number of hydrogen-bond donors (Lipinski definition) is 1. The van der Waals surface area contributed by atoms with Gasteiger partial charge in [0, 0.05) is 12.0 Å². The summed E-state index contributed by atoms with van der Waals surface area (Å²) in [5.74, 6) is -1.73. The Morgan fingerprint density at radius 1 is 1.32 bits per heavy atom. The number of hydrogen-bond acceptors (Lipinski definition) is 4. The topological polar surface area (TPSA) is 91.8 Å². The zero-order chi connectivity index (χ0) is 14.8. The summed E-state index contributed by atoms with van der Waals surface area (Å²) in [4.78, 5) is 24.4. The molecule has 1 N–H and O–H groups in total. The highest BCUT2D eigenvalue weighted by Crippen LogP contribution is 2.22. The standard InChI is InChI=1S/C12H21NO5S/c1-8(2)9(3)12(16)13(6-11(14)15)10-4-5-19(17,18)7-10/h8-10H,4-7H2,1-3H3,(H,14,15). The van der Waals surface area contributed by atoms with Crippen molar-refractivity contribution in [2.45, 2.75) is 33.2 Å². The molecule has 1 heterocycles. The maximum atomic E-state index is 12.3. The van der Waals surface area contributed by atoms with E-state index in [1.54, 1.807) is 6.92 Å². The fourth-order valence-electron chi connectivity index (χ4n) is 2.10. The molecular weight excluding hydrogens is 270 g/mol. The molecular formula is C12H21NO5S. The van der Waals surface area contributed by atoms with Crippen molar-refractivity contribution in [2.24, 2.45) is 11.8 Å². The van der Waals surface area contributed by atoms with Gasteiger partial charge in [0.25, 0.3) is 0 Å². The minimum atomic E-state index is -3.14. The Bertz CT molecular complexity index is 457. The average molecular weight is 291 g/mol. The number of sulfone groups is 1. The van der Waals surface area contributed by atoms with Gasteiger partial charge in [0.1, 0.15) is 6.54 Å². The summed E-state index contributed by atoms with van der Waals surface area (Å²) >= 11 is 0. The molecule has 0 bridgehead atoms. The van der Waals surface area contributed by atoms with Gasteiger partial charge in [0.15, 0.2) is 9.84 Å². The normalized spacial score (nSPS) is 23.3. The van der Waals surface area contributed by atoms with E-state index in [4.69, 9.17) is 5.11 Å². The third-order valence-corrected chi connectivity index (χ3v) is 5.38. The van der Waals surface area contributed by atoms with Crippen molar-refractivity contribution in [3.8, 4) is 0 Å².